The van der Waals surface area contributed by atoms with E-state index in [-0.39, 0.29) is 30.3 Å². The Balaban J connectivity index is 1.67. The molecule has 2 aliphatic rings. The molecule has 1 aromatic rings. The summed E-state index contributed by atoms with van der Waals surface area (Å²) in [6.07, 6.45) is 2.77. The third-order valence-corrected chi connectivity index (χ3v) is 4.77. The van der Waals surface area contributed by atoms with Gasteiger partial charge in [0.25, 0.3) is 0 Å². The molecule has 1 saturated carbocycles. The number of anilines is 1. The van der Waals surface area contributed by atoms with E-state index in [1.807, 2.05) is 31.2 Å². The Bertz CT molecular complexity index is 552. The number of benzene rings is 1. The normalized spacial score (nSPS) is 28.7. The highest BCUT2D eigenvalue weighted by molar-refractivity contribution is 6.05. The van der Waals surface area contributed by atoms with Gasteiger partial charge in [0.05, 0.1) is 18.5 Å². The maximum atomic E-state index is 12.4. The zero-order chi connectivity index (χ0) is 15.0. The number of carbonyl (C=O) groups excluding carboxylic acids is 2. The number of imide groups is 1. The molecule has 1 heterocycles. The number of likely N-dealkylation sites (tertiary alicyclic amines) is 1. The van der Waals surface area contributed by atoms with Gasteiger partial charge in [-0.2, -0.15) is 0 Å². The van der Waals surface area contributed by atoms with Crippen molar-refractivity contribution in [2.45, 2.75) is 33.1 Å². The highest BCUT2D eigenvalue weighted by atomic mass is 16.2. The summed E-state index contributed by atoms with van der Waals surface area (Å²) in [4.78, 5) is 26.2. The van der Waals surface area contributed by atoms with Crippen LogP contribution in [0, 0.1) is 24.7 Å². The lowest BCUT2D eigenvalue weighted by atomic mass is 9.76. The number of hydrogen-bond acceptors (Lipinski definition) is 3. The number of nitrogens with zero attached hydrogens (tertiary/aromatic N) is 1. The molecule has 2 amide bonds. The molecule has 3 rings (SSSR count). The summed E-state index contributed by atoms with van der Waals surface area (Å²) >= 11 is 0. The van der Waals surface area contributed by atoms with Crippen LogP contribution in [0.3, 0.4) is 0 Å². The van der Waals surface area contributed by atoms with Gasteiger partial charge in [0.15, 0.2) is 0 Å². The lowest BCUT2D eigenvalue weighted by molar-refractivity contribution is -0.139. The highest BCUT2D eigenvalue weighted by Crippen LogP contribution is 2.40. The molecule has 1 aliphatic heterocycles. The van der Waals surface area contributed by atoms with E-state index in [0.717, 1.165) is 24.9 Å². The topological polar surface area (TPSA) is 49.4 Å². The van der Waals surface area contributed by atoms with Crippen molar-refractivity contribution >= 4 is 17.5 Å². The second-order valence-electron chi connectivity index (χ2n) is 6.44. The third-order valence-electron chi connectivity index (χ3n) is 4.77. The first-order valence-electron chi connectivity index (χ1n) is 7.72. The molecule has 112 valence electrons. The molecular weight excluding hydrogens is 264 g/mol. The summed E-state index contributed by atoms with van der Waals surface area (Å²) in [6.45, 7) is 4.48. The molecule has 3 atom stereocenters. The van der Waals surface area contributed by atoms with E-state index in [2.05, 4.69) is 12.2 Å². The van der Waals surface area contributed by atoms with Gasteiger partial charge in [-0.3, -0.25) is 14.5 Å². The molecule has 1 N–H and O–H groups in total. The second kappa shape index (κ2) is 5.51. The quantitative estimate of drug-likeness (QED) is 0.869. The van der Waals surface area contributed by atoms with E-state index in [9.17, 15) is 9.59 Å². The fourth-order valence-electron chi connectivity index (χ4n) is 3.46. The molecule has 0 radical (unpaired) electrons. The van der Waals surface area contributed by atoms with E-state index in [1.54, 1.807) is 0 Å². The average Bonchev–Trinajstić information content (AvgIpc) is 2.70. The predicted molar refractivity (Wildman–Crippen MR) is 81.5 cm³/mol. The van der Waals surface area contributed by atoms with Gasteiger partial charge in [-0.15, -0.1) is 0 Å². The van der Waals surface area contributed by atoms with Crippen LogP contribution in [0.15, 0.2) is 24.3 Å². The summed E-state index contributed by atoms with van der Waals surface area (Å²) in [5.41, 5.74) is 2.12. The molecule has 0 unspecified atom stereocenters. The molecular formula is C17H22N2O2. The lowest BCUT2D eigenvalue weighted by Crippen LogP contribution is -2.35. The number of fused-ring (bicyclic) bond motifs is 1. The van der Waals surface area contributed by atoms with Crippen molar-refractivity contribution in [3.8, 4) is 0 Å². The van der Waals surface area contributed by atoms with Crippen LogP contribution in [0.2, 0.25) is 0 Å². The van der Waals surface area contributed by atoms with Gasteiger partial charge in [-0.25, -0.2) is 0 Å². The zero-order valence-electron chi connectivity index (χ0n) is 12.6. The van der Waals surface area contributed by atoms with Crippen LogP contribution in [0.1, 0.15) is 31.7 Å². The molecule has 2 fully saturated rings. The minimum atomic E-state index is -0.0823. The monoisotopic (exact) mass is 286 g/mol. The number of hydrogen-bond donors (Lipinski definition) is 1. The Morgan fingerprint density at radius 1 is 1.10 bits per heavy atom. The van der Waals surface area contributed by atoms with E-state index in [1.165, 1.54) is 10.5 Å². The van der Waals surface area contributed by atoms with Crippen molar-refractivity contribution in [1.29, 1.82) is 0 Å². The van der Waals surface area contributed by atoms with Crippen LogP contribution >= 0.6 is 0 Å². The minimum Gasteiger partial charge on any atom is -0.367 e. The third kappa shape index (κ3) is 2.67. The summed E-state index contributed by atoms with van der Waals surface area (Å²) in [5, 5.41) is 3.18. The first-order chi connectivity index (χ1) is 10.1. The fraction of sp³-hybridized carbons (Fsp3) is 0.529. The number of nitrogens with one attached hydrogen (secondary N) is 1. The fourth-order valence-corrected chi connectivity index (χ4v) is 3.46. The Kier molecular flexibility index (Phi) is 3.70. The van der Waals surface area contributed by atoms with Crippen LogP contribution in [0.4, 0.5) is 5.69 Å². The summed E-state index contributed by atoms with van der Waals surface area (Å²) in [6, 6.07) is 7.96. The van der Waals surface area contributed by atoms with Crippen LogP contribution < -0.4 is 5.32 Å². The van der Waals surface area contributed by atoms with Crippen LogP contribution in [-0.2, 0) is 9.59 Å². The molecule has 4 nitrogen and oxygen atoms in total. The standard InChI is InChI=1S/C17H22N2O2/c1-11-3-6-13(7-4-11)18-10-19-16(20)14-8-5-12(2)9-15(14)17(19)21/h3-4,6-7,12,14-15,18H,5,8-10H2,1-2H3/t12-,14+,15-/m0/s1. The van der Waals surface area contributed by atoms with Crippen molar-refractivity contribution in [3.05, 3.63) is 29.8 Å². The van der Waals surface area contributed by atoms with Crippen LogP contribution in [-0.4, -0.2) is 23.4 Å². The van der Waals surface area contributed by atoms with Crippen molar-refractivity contribution in [2.75, 3.05) is 12.0 Å². The molecule has 21 heavy (non-hydrogen) atoms. The first kappa shape index (κ1) is 14.1. The summed E-state index contributed by atoms with van der Waals surface area (Å²) in [7, 11) is 0. The molecule has 1 aliphatic carbocycles. The molecule has 0 aromatic heterocycles. The molecule has 4 heteroatoms. The molecule has 1 aromatic carbocycles. The minimum absolute atomic E-state index is 0.0103. The van der Waals surface area contributed by atoms with Crippen molar-refractivity contribution in [2.24, 2.45) is 17.8 Å². The van der Waals surface area contributed by atoms with Gasteiger partial charge in [0.2, 0.25) is 11.8 Å². The van der Waals surface area contributed by atoms with Gasteiger partial charge in [0, 0.05) is 5.69 Å². The number of aryl methyl sites for hydroxylation is 1. The van der Waals surface area contributed by atoms with Gasteiger partial charge >= 0.3 is 0 Å². The number of rotatable bonds is 3. The van der Waals surface area contributed by atoms with Crippen LogP contribution in [0.25, 0.3) is 0 Å². The number of carbonyl (C=O) groups is 2. The second-order valence-corrected chi connectivity index (χ2v) is 6.44. The zero-order valence-corrected chi connectivity index (χ0v) is 12.6. The largest absolute Gasteiger partial charge is 0.367 e. The Morgan fingerprint density at radius 2 is 1.76 bits per heavy atom. The highest BCUT2D eigenvalue weighted by Gasteiger charge is 2.49. The Labute approximate surface area is 125 Å². The Morgan fingerprint density at radius 3 is 2.48 bits per heavy atom. The van der Waals surface area contributed by atoms with E-state index in [4.69, 9.17) is 0 Å². The molecule has 1 saturated heterocycles. The maximum Gasteiger partial charge on any atom is 0.234 e. The van der Waals surface area contributed by atoms with Crippen LogP contribution in [0.5, 0.6) is 0 Å². The van der Waals surface area contributed by atoms with Gasteiger partial charge < -0.3 is 5.32 Å². The van der Waals surface area contributed by atoms with Gasteiger partial charge in [-0.1, -0.05) is 24.6 Å². The van der Waals surface area contributed by atoms with Crippen molar-refractivity contribution < 1.29 is 9.59 Å². The van der Waals surface area contributed by atoms with Gasteiger partial charge in [0.1, 0.15) is 0 Å². The smallest absolute Gasteiger partial charge is 0.234 e. The molecule has 0 bridgehead atoms. The van der Waals surface area contributed by atoms with Crippen molar-refractivity contribution in [1.82, 2.24) is 4.90 Å². The van der Waals surface area contributed by atoms with E-state index in [0.29, 0.717) is 5.92 Å². The van der Waals surface area contributed by atoms with E-state index >= 15 is 0 Å². The molecule has 0 spiro atoms. The summed E-state index contributed by atoms with van der Waals surface area (Å²) in [5.74, 6) is 0.412. The van der Waals surface area contributed by atoms with Gasteiger partial charge in [-0.05, 0) is 44.2 Å². The first-order valence-corrected chi connectivity index (χ1v) is 7.72. The van der Waals surface area contributed by atoms with Crippen molar-refractivity contribution in [3.63, 3.8) is 0 Å². The average molecular weight is 286 g/mol. The summed E-state index contributed by atoms with van der Waals surface area (Å²) < 4.78 is 0. The Hall–Kier alpha value is -1.84. The predicted octanol–water partition coefficient (Wildman–Crippen LogP) is 2.79. The van der Waals surface area contributed by atoms with E-state index < -0.39 is 0 Å². The maximum absolute atomic E-state index is 12.4. The number of amides is 2. The lowest BCUT2D eigenvalue weighted by Gasteiger charge is -2.25. The SMILES string of the molecule is Cc1ccc(NCN2C(=O)[C@H]3C[C@@H](C)CC[C@H]3C2=O)cc1.